The first kappa shape index (κ1) is 37.2. The van der Waals surface area contributed by atoms with E-state index in [1.54, 1.807) is 21.2 Å². The Hall–Kier alpha value is -5.11. The van der Waals surface area contributed by atoms with E-state index in [2.05, 4.69) is 31.8 Å². The third kappa shape index (κ3) is 10.3. The van der Waals surface area contributed by atoms with Gasteiger partial charge in [0, 0.05) is 0 Å². The fourth-order valence-corrected chi connectivity index (χ4v) is 12.2. The molecule has 1 heterocycles. The maximum absolute atomic E-state index is 6.25. The van der Waals surface area contributed by atoms with E-state index in [0.717, 1.165) is 0 Å². The highest BCUT2D eigenvalue weighted by atomic mass is 31.3. The number of para-hydroxylation sites is 6. The van der Waals surface area contributed by atoms with Gasteiger partial charge in [0.25, 0.3) is 7.51 Å². The molecule has 0 bridgehead atoms. The van der Waals surface area contributed by atoms with Crippen LogP contribution in [0.3, 0.4) is 0 Å². The number of benzene rings is 6. The summed E-state index contributed by atoms with van der Waals surface area (Å²) in [6.07, 6.45) is 0. The van der Waals surface area contributed by atoms with Gasteiger partial charge in [0.05, 0.1) is 0 Å². The van der Waals surface area contributed by atoms with Crippen LogP contribution in [0.15, 0.2) is 187 Å². The minimum atomic E-state index is -3.54. The summed E-state index contributed by atoms with van der Waals surface area (Å²) < 4.78 is 3.39. The molecule has 3 atom stereocenters. The second-order valence-electron chi connectivity index (χ2n) is 10.9. The Balaban J connectivity index is 1.33. The van der Waals surface area contributed by atoms with Crippen molar-refractivity contribution >= 4 is 24.3 Å². The predicted octanol–water partition coefficient (Wildman–Crippen LogP) is 8.34. The molecule has 276 valence electrons. The van der Waals surface area contributed by atoms with Crippen molar-refractivity contribution < 1.29 is 29.0 Å². The summed E-state index contributed by atoms with van der Waals surface area (Å²) in [4.78, 5) is 45.5. The van der Waals surface area contributed by atoms with Crippen LogP contribution in [0.5, 0.6) is 34.5 Å². The smallest absolute Gasteiger partial charge is 0.265 e. The molecule has 1 fully saturated rings. The molecule has 0 spiro atoms. The van der Waals surface area contributed by atoms with E-state index >= 15 is 0 Å². The lowest BCUT2D eigenvalue weighted by Crippen LogP contribution is -2.56. The summed E-state index contributed by atoms with van der Waals surface area (Å²) >= 11 is 0. The second kappa shape index (κ2) is 19.3. The topological polar surface area (TPSA) is 146 Å². The van der Waals surface area contributed by atoms with Crippen LogP contribution in [-0.2, 0) is 0 Å². The van der Waals surface area contributed by atoms with Gasteiger partial charge in [-0.15, -0.1) is 15.1 Å². The van der Waals surface area contributed by atoms with Crippen LogP contribution in [0, 0.1) is 0 Å². The minimum absolute atomic E-state index is 0.479. The Morgan fingerprint density at radius 3 is 1.31 bits per heavy atom. The van der Waals surface area contributed by atoms with Crippen LogP contribution < -0.4 is 60.8 Å². The third-order valence-electron chi connectivity index (χ3n) is 7.06. The largest absolute Gasteiger partial charge is 0.402 e. The first-order chi connectivity index (χ1) is 26.7. The van der Waals surface area contributed by atoms with Crippen molar-refractivity contribution in [3.05, 3.63) is 182 Å². The Morgan fingerprint density at radius 2 is 0.833 bits per heavy atom. The van der Waals surface area contributed by atoms with E-state index < -0.39 is 24.3 Å². The molecule has 6 aromatic carbocycles. The standard InChI is InChI=1S/C36H36N9O6P3/c1-7-19-31(20-8-1)46-37-44-52(39-48-33-23-11-3-12-24-33)43-54(41-50-35-27-15-5-16-28-35,42-51-36-29-17-6-18-30-36)45(38-47-32-21-9-2-10-22-32)53(44)40-49-34-25-13-4-14-26-34/h1-30,37-41,43H. The molecular formula is C36H36N9O6P3. The fraction of sp³-hybridized carbons (Fsp3) is 0. The van der Waals surface area contributed by atoms with Gasteiger partial charge in [-0.25, -0.2) is 4.86 Å². The summed E-state index contributed by atoms with van der Waals surface area (Å²) in [5.41, 5.74) is 6.20. The molecule has 15 nitrogen and oxygen atoms in total. The third-order valence-corrected chi connectivity index (χ3v) is 14.4. The van der Waals surface area contributed by atoms with Crippen molar-refractivity contribution in [2.24, 2.45) is 4.91 Å². The Kier molecular flexibility index (Phi) is 13.3. The van der Waals surface area contributed by atoms with Crippen LogP contribution in [0.25, 0.3) is 0 Å². The van der Waals surface area contributed by atoms with Crippen molar-refractivity contribution in [3.8, 4) is 34.5 Å². The van der Waals surface area contributed by atoms with E-state index in [9.17, 15) is 0 Å². The molecule has 0 saturated carbocycles. The highest BCUT2D eigenvalue weighted by Gasteiger charge is 2.52. The first-order valence-electron chi connectivity index (χ1n) is 16.5. The lowest BCUT2D eigenvalue weighted by Gasteiger charge is -2.49. The highest BCUT2D eigenvalue weighted by Crippen LogP contribution is 2.69. The summed E-state index contributed by atoms with van der Waals surface area (Å²) in [6.45, 7) is 0. The van der Waals surface area contributed by atoms with Crippen molar-refractivity contribution in [2.45, 2.75) is 0 Å². The molecule has 1 saturated heterocycles. The van der Waals surface area contributed by atoms with E-state index in [1.165, 1.54) is 0 Å². The number of hydrogen-bond donors (Lipinski definition) is 6. The van der Waals surface area contributed by atoms with Crippen molar-refractivity contribution in [1.29, 1.82) is 0 Å². The zero-order valence-electron chi connectivity index (χ0n) is 28.5. The molecule has 1 aliphatic rings. The molecule has 3 unspecified atom stereocenters. The van der Waals surface area contributed by atoms with Gasteiger partial charge >= 0.3 is 0 Å². The van der Waals surface area contributed by atoms with Gasteiger partial charge in [-0.1, -0.05) is 130 Å². The zero-order valence-corrected chi connectivity index (χ0v) is 31.1. The normalized spacial score (nSPS) is 18.6. The summed E-state index contributed by atoms with van der Waals surface area (Å²) in [7, 11) is -7.41. The maximum Gasteiger partial charge on any atom is 0.265 e. The number of rotatable bonds is 17. The molecule has 0 aliphatic carbocycles. The monoisotopic (exact) mass is 783 g/mol. The fourth-order valence-electron chi connectivity index (χ4n) is 4.47. The minimum Gasteiger partial charge on any atom is -0.402 e. The zero-order chi connectivity index (χ0) is 36.7. The van der Waals surface area contributed by atoms with Gasteiger partial charge in [0.2, 0.25) is 8.37 Å². The number of hydrazine groups is 2. The van der Waals surface area contributed by atoms with Gasteiger partial charge in [0.15, 0.2) is 14.1 Å². The number of hydrogen-bond acceptors (Lipinski definition) is 12. The summed E-state index contributed by atoms with van der Waals surface area (Å²) in [6, 6.07) is 55.5. The van der Waals surface area contributed by atoms with Gasteiger partial charge in [-0.05, 0) is 77.7 Å². The molecule has 1 aliphatic heterocycles. The average Bonchev–Trinajstić information content (AvgIpc) is 3.25. The molecule has 6 N–H and O–H groups in total. The van der Waals surface area contributed by atoms with E-state index in [-0.39, 0.29) is 0 Å². The lowest BCUT2D eigenvalue weighted by atomic mass is 10.3. The Bertz CT molecular complexity index is 2040. The Labute approximate surface area is 314 Å². The summed E-state index contributed by atoms with van der Waals surface area (Å²) in [5.74, 6) is 3.16. The molecule has 0 aromatic heterocycles. The number of nitrogens with one attached hydrogen (secondary N) is 6. The molecule has 7 rings (SSSR count). The van der Waals surface area contributed by atoms with Crippen LogP contribution in [0.4, 0.5) is 0 Å². The predicted molar refractivity (Wildman–Crippen MR) is 208 cm³/mol. The highest BCUT2D eigenvalue weighted by molar-refractivity contribution is 7.84. The molecule has 0 radical (unpaired) electrons. The maximum atomic E-state index is 6.25. The molecular weight excluding hydrogens is 747 g/mol. The van der Waals surface area contributed by atoms with E-state index in [0.29, 0.717) is 34.5 Å². The van der Waals surface area contributed by atoms with Crippen molar-refractivity contribution in [3.63, 3.8) is 0 Å². The van der Waals surface area contributed by atoms with E-state index in [4.69, 9.17) is 33.9 Å². The van der Waals surface area contributed by atoms with Crippen molar-refractivity contribution in [2.75, 3.05) is 0 Å². The SMILES string of the molecule is c1ccc(ON=P2(NOc3ccccc3)NP(NOc3ccccc3)N(NOc3ccccc3)P(NOc3ccccc3)N2NOc2ccccc2)cc1. The van der Waals surface area contributed by atoms with Crippen LogP contribution in [-0.4, -0.2) is 9.10 Å². The summed E-state index contributed by atoms with van der Waals surface area (Å²) in [5, 5.41) is 9.59. The molecule has 54 heavy (non-hydrogen) atoms. The van der Waals surface area contributed by atoms with Gasteiger partial charge in [-0.2, -0.15) is 0 Å². The molecule has 0 amide bonds. The van der Waals surface area contributed by atoms with Gasteiger partial charge in [-0.3, -0.25) is 0 Å². The van der Waals surface area contributed by atoms with Gasteiger partial charge < -0.3 is 29.0 Å². The quantitative estimate of drug-likeness (QED) is 0.0389. The number of nitrogens with zero attached hydrogens (tertiary/aromatic N) is 3. The van der Waals surface area contributed by atoms with Crippen molar-refractivity contribution in [1.82, 2.24) is 40.9 Å². The Morgan fingerprint density at radius 1 is 0.444 bits per heavy atom. The molecule has 6 aromatic rings. The first-order valence-corrected chi connectivity index (χ1v) is 20.7. The molecule has 18 heteroatoms. The average molecular weight is 784 g/mol. The van der Waals surface area contributed by atoms with Crippen LogP contribution >= 0.6 is 24.3 Å². The van der Waals surface area contributed by atoms with Crippen LogP contribution in [0.2, 0.25) is 0 Å². The van der Waals surface area contributed by atoms with Gasteiger partial charge in [0.1, 0.15) is 28.7 Å². The van der Waals surface area contributed by atoms with E-state index in [1.807, 2.05) is 170 Å². The lowest BCUT2D eigenvalue weighted by molar-refractivity contribution is 0.0809. The van der Waals surface area contributed by atoms with Crippen LogP contribution in [0.1, 0.15) is 0 Å². The second-order valence-corrected chi connectivity index (χ2v) is 17.0.